The number of carbonyl (C=O) groups is 1. The Labute approximate surface area is 156 Å². The second-order valence-electron chi connectivity index (χ2n) is 6.06. The molecule has 8 heteroatoms. The quantitative estimate of drug-likeness (QED) is 0.487. The van der Waals surface area contributed by atoms with Gasteiger partial charge in [-0.15, -0.1) is 0 Å². The van der Waals surface area contributed by atoms with Gasteiger partial charge in [0.1, 0.15) is 11.3 Å². The van der Waals surface area contributed by atoms with Gasteiger partial charge in [0, 0.05) is 18.1 Å². The molecule has 0 radical (unpaired) electrons. The second-order valence-corrected chi connectivity index (χ2v) is 6.06. The van der Waals surface area contributed by atoms with Crippen molar-refractivity contribution in [2.75, 3.05) is 13.7 Å². The van der Waals surface area contributed by atoms with Gasteiger partial charge in [-0.1, -0.05) is 13.5 Å². The van der Waals surface area contributed by atoms with Crippen molar-refractivity contribution in [2.45, 2.75) is 33.7 Å². The summed E-state index contributed by atoms with van der Waals surface area (Å²) in [5.41, 5.74) is 2.07. The molecule has 3 heterocycles. The topological polar surface area (TPSA) is 87.7 Å². The van der Waals surface area contributed by atoms with Crippen LogP contribution in [0.25, 0.3) is 16.7 Å². The highest BCUT2D eigenvalue weighted by atomic mass is 16.5. The minimum atomic E-state index is -0.529. The Morgan fingerprint density at radius 3 is 2.63 bits per heavy atom. The van der Waals surface area contributed by atoms with Gasteiger partial charge in [-0.2, -0.15) is 4.98 Å². The molecule has 0 fully saturated rings. The van der Waals surface area contributed by atoms with Gasteiger partial charge < -0.3 is 9.47 Å². The zero-order valence-electron chi connectivity index (χ0n) is 15.9. The fourth-order valence-corrected chi connectivity index (χ4v) is 3.10. The minimum absolute atomic E-state index is 0.00472. The van der Waals surface area contributed by atoms with Crippen LogP contribution >= 0.6 is 0 Å². The highest BCUT2D eigenvalue weighted by Crippen LogP contribution is 2.21. The standard InChI is InChI=1S/C19H22N4O4/c1-6-14-20-12(4)16-18(24)22(10-11(3)19(25)27-7-2)13-8-9-15(26-5)21-17(13)23(14)16/h8-9H,3,6-7,10H2,1-2,4-5H3. The summed E-state index contributed by atoms with van der Waals surface area (Å²) in [4.78, 5) is 34.2. The first-order valence-electron chi connectivity index (χ1n) is 8.73. The normalized spacial score (nSPS) is 11.1. The molecule has 0 aliphatic rings. The number of hydrogen-bond donors (Lipinski definition) is 0. The van der Waals surface area contributed by atoms with Crippen molar-refractivity contribution in [1.29, 1.82) is 0 Å². The van der Waals surface area contributed by atoms with Gasteiger partial charge >= 0.3 is 5.97 Å². The van der Waals surface area contributed by atoms with Crippen LogP contribution in [-0.2, 0) is 22.5 Å². The number of rotatable bonds is 6. The molecule has 0 aliphatic heterocycles. The third-order valence-corrected chi connectivity index (χ3v) is 4.34. The van der Waals surface area contributed by atoms with E-state index in [0.29, 0.717) is 34.7 Å². The number of aromatic nitrogens is 4. The lowest BCUT2D eigenvalue weighted by molar-refractivity contribution is -0.138. The molecule has 27 heavy (non-hydrogen) atoms. The first-order chi connectivity index (χ1) is 12.9. The third-order valence-electron chi connectivity index (χ3n) is 4.34. The lowest BCUT2D eigenvalue weighted by Crippen LogP contribution is -2.26. The van der Waals surface area contributed by atoms with Crippen molar-refractivity contribution in [2.24, 2.45) is 0 Å². The number of ether oxygens (including phenoxy) is 2. The van der Waals surface area contributed by atoms with Crippen LogP contribution in [0.4, 0.5) is 0 Å². The number of pyridine rings is 1. The number of methoxy groups -OCH3 is 1. The van der Waals surface area contributed by atoms with E-state index in [9.17, 15) is 9.59 Å². The molecule has 0 saturated heterocycles. The van der Waals surface area contributed by atoms with Crippen LogP contribution in [0, 0.1) is 6.92 Å². The maximum Gasteiger partial charge on any atom is 0.335 e. The molecule has 0 atom stereocenters. The van der Waals surface area contributed by atoms with Crippen LogP contribution in [0.1, 0.15) is 25.4 Å². The molecule has 0 saturated carbocycles. The first-order valence-corrected chi connectivity index (χ1v) is 8.73. The van der Waals surface area contributed by atoms with Crippen molar-refractivity contribution in [1.82, 2.24) is 18.9 Å². The molecule has 0 spiro atoms. The fourth-order valence-electron chi connectivity index (χ4n) is 3.10. The third kappa shape index (κ3) is 3.07. The van der Waals surface area contributed by atoms with Gasteiger partial charge in [0.05, 0.1) is 31.5 Å². The summed E-state index contributed by atoms with van der Waals surface area (Å²) in [5.74, 6) is 0.631. The van der Waals surface area contributed by atoms with Crippen molar-refractivity contribution < 1.29 is 14.3 Å². The van der Waals surface area contributed by atoms with E-state index in [4.69, 9.17) is 9.47 Å². The van der Waals surface area contributed by atoms with Gasteiger partial charge in [-0.3, -0.25) is 13.8 Å². The van der Waals surface area contributed by atoms with Crippen molar-refractivity contribution >= 4 is 22.6 Å². The molecular weight excluding hydrogens is 348 g/mol. The van der Waals surface area contributed by atoms with Gasteiger partial charge in [0.2, 0.25) is 5.88 Å². The van der Waals surface area contributed by atoms with Crippen molar-refractivity contribution in [3.8, 4) is 5.88 Å². The summed E-state index contributed by atoms with van der Waals surface area (Å²) in [7, 11) is 1.53. The Hall–Kier alpha value is -3.16. The zero-order valence-corrected chi connectivity index (χ0v) is 15.9. The highest BCUT2D eigenvalue weighted by Gasteiger charge is 2.20. The van der Waals surface area contributed by atoms with Crippen LogP contribution in [0.5, 0.6) is 5.88 Å². The van der Waals surface area contributed by atoms with Crippen LogP contribution in [0.3, 0.4) is 0 Å². The molecule has 3 aromatic rings. The largest absolute Gasteiger partial charge is 0.481 e. The van der Waals surface area contributed by atoms with Gasteiger partial charge in [0.25, 0.3) is 5.56 Å². The maximum absolute atomic E-state index is 13.2. The molecule has 0 N–H and O–H groups in total. The van der Waals surface area contributed by atoms with Gasteiger partial charge in [0.15, 0.2) is 5.65 Å². The molecule has 142 valence electrons. The lowest BCUT2D eigenvalue weighted by atomic mass is 10.2. The van der Waals surface area contributed by atoms with Crippen LogP contribution in [-0.4, -0.2) is 38.6 Å². The summed E-state index contributed by atoms with van der Waals surface area (Å²) in [6, 6.07) is 3.42. The Bertz CT molecular complexity index is 1110. The number of esters is 1. The number of nitrogens with zero attached hydrogens (tertiary/aromatic N) is 4. The predicted molar refractivity (Wildman–Crippen MR) is 101 cm³/mol. The van der Waals surface area contributed by atoms with E-state index in [2.05, 4.69) is 16.5 Å². The number of fused-ring (bicyclic) bond motifs is 3. The van der Waals surface area contributed by atoms with E-state index >= 15 is 0 Å². The summed E-state index contributed by atoms with van der Waals surface area (Å²) in [6.45, 7) is 9.49. The van der Waals surface area contributed by atoms with Gasteiger partial charge in [-0.25, -0.2) is 9.78 Å². The summed E-state index contributed by atoms with van der Waals surface area (Å²) >= 11 is 0. The molecule has 3 rings (SSSR count). The van der Waals surface area contributed by atoms with Crippen LogP contribution < -0.4 is 10.3 Å². The minimum Gasteiger partial charge on any atom is -0.481 e. The SMILES string of the molecule is C=C(Cn1c(=O)c2c(C)nc(CC)n2c2nc(OC)ccc21)C(=O)OCC. The zero-order chi connectivity index (χ0) is 19.7. The molecule has 0 bridgehead atoms. The number of hydrogen-bond acceptors (Lipinski definition) is 6. The predicted octanol–water partition coefficient (Wildman–Crippen LogP) is 2.04. The first kappa shape index (κ1) is 18.6. The number of aryl methyl sites for hydroxylation is 2. The molecular formula is C19H22N4O4. The maximum atomic E-state index is 13.2. The lowest BCUT2D eigenvalue weighted by Gasteiger charge is -2.14. The summed E-state index contributed by atoms with van der Waals surface area (Å²) < 4.78 is 13.5. The van der Waals surface area contributed by atoms with Crippen molar-refractivity contribution in [3.63, 3.8) is 0 Å². The fraction of sp³-hybridized carbons (Fsp3) is 0.368. The van der Waals surface area contributed by atoms with Crippen LogP contribution in [0.2, 0.25) is 0 Å². The van der Waals surface area contributed by atoms with E-state index in [1.807, 2.05) is 6.92 Å². The Balaban J connectivity index is 2.34. The Morgan fingerprint density at radius 2 is 2.00 bits per heavy atom. The highest BCUT2D eigenvalue weighted by molar-refractivity contribution is 5.88. The Morgan fingerprint density at radius 1 is 1.26 bits per heavy atom. The second kappa shape index (κ2) is 7.22. The molecule has 0 aromatic carbocycles. The molecule has 3 aromatic heterocycles. The van der Waals surface area contributed by atoms with E-state index in [1.165, 1.54) is 11.7 Å². The molecule has 0 amide bonds. The van der Waals surface area contributed by atoms with E-state index in [1.54, 1.807) is 30.4 Å². The van der Waals surface area contributed by atoms with E-state index in [0.717, 1.165) is 5.82 Å². The monoisotopic (exact) mass is 370 g/mol. The summed E-state index contributed by atoms with van der Waals surface area (Å²) in [5, 5.41) is 0. The average Bonchev–Trinajstić information content (AvgIpc) is 3.01. The van der Waals surface area contributed by atoms with Crippen LogP contribution in [0.15, 0.2) is 29.1 Å². The van der Waals surface area contributed by atoms with E-state index in [-0.39, 0.29) is 24.3 Å². The molecule has 0 aliphatic carbocycles. The van der Waals surface area contributed by atoms with Gasteiger partial charge in [-0.05, 0) is 19.9 Å². The summed E-state index contributed by atoms with van der Waals surface area (Å²) in [6.07, 6.45) is 0.641. The number of carbonyl (C=O) groups excluding carboxylic acids is 1. The van der Waals surface area contributed by atoms with E-state index < -0.39 is 5.97 Å². The Kier molecular flexibility index (Phi) is 4.98. The molecule has 0 unspecified atom stereocenters. The molecule has 8 nitrogen and oxygen atoms in total. The smallest absolute Gasteiger partial charge is 0.335 e. The number of imidazole rings is 1. The van der Waals surface area contributed by atoms with Crippen molar-refractivity contribution in [3.05, 3.63) is 46.2 Å². The average molecular weight is 370 g/mol.